The van der Waals surface area contributed by atoms with E-state index >= 15 is 0 Å². The smallest absolute Gasteiger partial charge is 0.317 e. The first-order chi connectivity index (χ1) is 8.19. The number of aromatic nitrogens is 1. The lowest BCUT2D eigenvalue weighted by Crippen LogP contribution is -2.58. The molecule has 5 heteroatoms. The average molecular weight is 235 g/mol. The van der Waals surface area contributed by atoms with E-state index in [0.717, 1.165) is 5.69 Å². The molecule has 1 saturated heterocycles. The molecule has 2 heterocycles. The van der Waals surface area contributed by atoms with E-state index in [1.54, 1.807) is 4.90 Å². The summed E-state index contributed by atoms with van der Waals surface area (Å²) in [5.74, 6) is 0.630. The van der Waals surface area contributed by atoms with Crippen molar-refractivity contribution in [1.82, 2.24) is 15.2 Å². The number of carbonyl (C=O) groups excluding carboxylic acids is 1. The van der Waals surface area contributed by atoms with Gasteiger partial charge >= 0.3 is 6.03 Å². The molecule has 0 unspecified atom stereocenters. The molecule has 92 valence electrons. The molecule has 0 aliphatic carbocycles. The minimum Gasteiger partial charge on any atom is -0.471 e. The molecule has 2 amide bonds. The van der Waals surface area contributed by atoms with E-state index < -0.39 is 0 Å². The molecule has 17 heavy (non-hydrogen) atoms. The first kappa shape index (κ1) is 11.7. The molecule has 1 aliphatic heterocycles. The Morgan fingerprint density at radius 2 is 2.35 bits per heavy atom. The summed E-state index contributed by atoms with van der Waals surface area (Å²) in [5.41, 5.74) is 0.933. The molecule has 0 radical (unpaired) electrons. The van der Waals surface area contributed by atoms with Gasteiger partial charge in [-0.1, -0.05) is 6.07 Å². The van der Waals surface area contributed by atoms with Crippen LogP contribution in [0.15, 0.2) is 18.2 Å². The summed E-state index contributed by atoms with van der Waals surface area (Å²) in [4.78, 5) is 17.4. The number of hydrogen-bond donors (Lipinski definition) is 1. The Balaban J connectivity index is 1.79. The number of aryl methyl sites for hydroxylation is 1. The minimum absolute atomic E-state index is 0.0236. The molecule has 5 nitrogen and oxygen atoms in total. The van der Waals surface area contributed by atoms with Crippen LogP contribution in [0.2, 0.25) is 0 Å². The maximum atomic E-state index is 11.4. The van der Waals surface area contributed by atoms with Crippen molar-refractivity contribution in [1.29, 1.82) is 0 Å². The van der Waals surface area contributed by atoms with Crippen molar-refractivity contribution in [2.75, 3.05) is 19.6 Å². The molecule has 1 fully saturated rings. The van der Waals surface area contributed by atoms with Crippen LogP contribution in [0.25, 0.3) is 0 Å². The normalized spacial score (nSPS) is 15.3. The number of nitrogens with one attached hydrogen (secondary N) is 1. The van der Waals surface area contributed by atoms with Crippen molar-refractivity contribution in [2.45, 2.75) is 20.0 Å². The van der Waals surface area contributed by atoms with Crippen LogP contribution < -0.4 is 10.1 Å². The zero-order chi connectivity index (χ0) is 12.3. The van der Waals surface area contributed by atoms with Crippen LogP contribution in [0.4, 0.5) is 4.79 Å². The van der Waals surface area contributed by atoms with E-state index in [0.29, 0.717) is 25.5 Å². The highest BCUT2D eigenvalue weighted by Crippen LogP contribution is 2.16. The van der Waals surface area contributed by atoms with Crippen LogP contribution in [-0.4, -0.2) is 41.7 Å². The summed E-state index contributed by atoms with van der Waals surface area (Å²) in [6.45, 7) is 5.74. The number of nitrogens with zero attached hydrogens (tertiary/aromatic N) is 2. The van der Waals surface area contributed by atoms with Gasteiger partial charge in [0, 0.05) is 18.3 Å². The lowest BCUT2D eigenvalue weighted by atomic mass is 10.2. The highest BCUT2D eigenvalue weighted by molar-refractivity contribution is 5.75. The Labute approximate surface area is 101 Å². The second kappa shape index (κ2) is 5.03. The maximum absolute atomic E-state index is 11.4. The van der Waals surface area contributed by atoms with Crippen molar-refractivity contribution >= 4 is 6.03 Å². The van der Waals surface area contributed by atoms with Crippen LogP contribution in [-0.2, 0) is 0 Å². The van der Waals surface area contributed by atoms with Gasteiger partial charge in [-0.2, -0.15) is 0 Å². The Hall–Kier alpha value is -1.78. The summed E-state index contributed by atoms with van der Waals surface area (Å²) in [6, 6.07) is 5.65. The summed E-state index contributed by atoms with van der Waals surface area (Å²) >= 11 is 0. The highest BCUT2D eigenvalue weighted by atomic mass is 16.5. The lowest BCUT2D eigenvalue weighted by Gasteiger charge is -2.38. The molecular weight excluding hydrogens is 218 g/mol. The fourth-order valence-corrected chi connectivity index (χ4v) is 1.70. The summed E-state index contributed by atoms with van der Waals surface area (Å²) in [7, 11) is 0. The van der Waals surface area contributed by atoms with E-state index in [-0.39, 0.29) is 12.1 Å². The predicted molar refractivity (Wildman–Crippen MR) is 64.0 cm³/mol. The average Bonchev–Trinajstić information content (AvgIpc) is 2.23. The molecule has 1 aliphatic rings. The van der Waals surface area contributed by atoms with Gasteiger partial charge in [0.05, 0.1) is 13.1 Å². The number of hydrogen-bond acceptors (Lipinski definition) is 3. The minimum atomic E-state index is -0.0236. The first-order valence-corrected chi connectivity index (χ1v) is 5.82. The largest absolute Gasteiger partial charge is 0.471 e. The van der Waals surface area contributed by atoms with Crippen LogP contribution in [0.1, 0.15) is 12.6 Å². The van der Waals surface area contributed by atoms with E-state index in [2.05, 4.69) is 10.3 Å². The summed E-state index contributed by atoms with van der Waals surface area (Å²) in [6.07, 6.45) is 0.0620. The molecule has 0 aromatic carbocycles. The molecule has 0 atom stereocenters. The lowest BCUT2D eigenvalue weighted by molar-refractivity contribution is 0.0415. The van der Waals surface area contributed by atoms with Gasteiger partial charge < -0.3 is 15.0 Å². The maximum Gasteiger partial charge on any atom is 0.317 e. The zero-order valence-corrected chi connectivity index (χ0v) is 10.1. The monoisotopic (exact) mass is 235 g/mol. The molecule has 1 N–H and O–H groups in total. The van der Waals surface area contributed by atoms with E-state index in [4.69, 9.17) is 4.74 Å². The van der Waals surface area contributed by atoms with Gasteiger partial charge in [0.15, 0.2) is 0 Å². The van der Waals surface area contributed by atoms with E-state index in [9.17, 15) is 4.79 Å². The van der Waals surface area contributed by atoms with Crippen LogP contribution >= 0.6 is 0 Å². The number of urea groups is 1. The standard InChI is InChI=1S/C12H17N3O2/c1-3-13-12(16)15-7-10(8-15)17-11-6-4-5-9(2)14-11/h4-6,10H,3,7-8H2,1-2H3,(H,13,16). The SMILES string of the molecule is CCNC(=O)N1CC(Oc2cccc(C)n2)C1. The fourth-order valence-electron chi connectivity index (χ4n) is 1.70. The topological polar surface area (TPSA) is 54.5 Å². The van der Waals surface area contributed by atoms with Gasteiger partial charge in [-0.05, 0) is 19.9 Å². The van der Waals surface area contributed by atoms with Gasteiger partial charge in [0.25, 0.3) is 0 Å². The molecule has 1 aromatic heterocycles. The number of rotatable bonds is 3. The first-order valence-electron chi connectivity index (χ1n) is 5.82. The van der Waals surface area contributed by atoms with Crippen molar-refractivity contribution < 1.29 is 9.53 Å². The Morgan fingerprint density at radius 3 is 3.00 bits per heavy atom. The van der Waals surface area contributed by atoms with Gasteiger partial charge in [0.1, 0.15) is 6.10 Å². The van der Waals surface area contributed by atoms with Crippen molar-refractivity contribution in [3.8, 4) is 5.88 Å². The van der Waals surface area contributed by atoms with Crippen LogP contribution in [0.5, 0.6) is 5.88 Å². The fraction of sp³-hybridized carbons (Fsp3) is 0.500. The van der Waals surface area contributed by atoms with Crippen molar-refractivity contribution in [2.24, 2.45) is 0 Å². The highest BCUT2D eigenvalue weighted by Gasteiger charge is 2.32. The number of likely N-dealkylation sites (tertiary alicyclic amines) is 1. The van der Waals surface area contributed by atoms with Gasteiger partial charge in [-0.15, -0.1) is 0 Å². The van der Waals surface area contributed by atoms with E-state index in [1.165, 1.54) is 0 Å². The van der Waals surface area contributed by atoms with Gasteiger partial charge in [0.2, 0.25) is 5.88 Å². The summed E-state index contributed by atoms with van der Waals surface area (Å²) in [5, 5.41) is 2.76. The molecular formula is C12H17N3O2. The Kier molecular flexibility index (Phi) is 3.46. The second-order valence-corrected chi connectivity index (χ2v) is 4.10. The van der Waals surface area contributed by atoms with Crippen LogP contribution in [0, 0.1) is 6.92 Å². The Bertz CT molecular complexity index is 402. The number of amides is 2. The summed E-state index contributed by atoms with van der Waals surface area (Å²) < 4.78 is 5.66. The van der Waals surface area contributed by atoms with Crippen molar-refractivity contribution in [3.05, 3.63) is 23.9 Å². The van der Waals surface area contributed by atoms with Gasteiger partial charge in [-0.25, -0.2) is 9.78 Å². The van der Waals surface area contributed by atoms with Crippen LogP contribution in [0.3, 0.4) is 0 Å². The molecule has 0 bridgehead atoms. The molecule has 2 rings (SSSR count). The third kappa shape index (κ3) is 2.87. The van der Waals surface area contributed by atoms with E-state index in [1.807, 2.05) is 32.0 Å². The Morgan fingerprint density at radius 1 is 1.59 bits per heavy atom. The third-order valence-corrected chi connectivity index (χ3v) is 2.61. The quantitative estimate of drug-likeness (QED) is 0.856. The zero-order valence-electron chi connectivity index (χ0n) is 10.1. The van der Waals surface area contributed by atoms with Crippen molar-refractivity contribution in [3.63, 3.8) is 0 Å². The van der Waals surface area contributed by atoms with Gasteiger partial charge in [-0.3, -0.25) is 0 Å². The predicted octanol–water partition coefficient (Wildman–Crippen LogP) is 1.18. The molecule has 0 spiro atoms. The number of pyridine rings is 1. The number of carbonyl (C=O) groups is 1. The number of ether oxygens (including phenoxy) is 1. The molecule has 1 aromatic rings. The molecule has 0 saturated carbocycles. The third-order valence-electron chi connectivity index (χ3n) is 2.61. The second-order valence-electron chi connectivity index (χ2n) is 4.10.